The Morgan fingerprint density at radius 1 is 1.47 bits per heavy atom. The molecule has 1 atom stereocenters. The van der Waals surface area contributed by atoms with Gasteiger partial charge in [0.05, 0.1) is 30.5 Å². The van der Waals surface area contributed by atoms with E-state index < -0.39 is 9.84 Å². The Bertz CT molecular complexity index is 400. The maximum atomic E-state index is 11.3. The van der Waals surface area contributed by atoms with E-state index >= 15 is 0 Å². The van der Waals surface area contributed by atoms with E-state index in [0.29, 0.717) is 13.0 Å². The molecule has 1 aliphatic heterocycles. The standard InChI is InChI=1S/C10H17N3O3S/c11-4-2-5-12-10(14)7-13-9-3-1-6-17(15,16)8-9/h9,13H,1-3,5-8H2,(H,12,14). The van der Waals surface area contributed by atoms with Crippen LogP contribution in [0, 0.1) is 11.3 Å². The average molecular weight is 259 g/mol. The Kier molecular flexibility index (Phi) is 5.38. The lowest BCUT2D eigenvalue weighted by molar-refractivity contribution is -0.120. The predicted octanol–water partition coefficient (Wildman–Crippen LogP) is -0.817. The molecule has 0 aromatic carbocycles. The normalized spacial score (nSPS) is 22.6. The van der Waals surface area contributed by atoms with Crippen LogP contribution in [0.2, 0.25) is 0 Å². The van der Waals surface area contributed by atoms with E-state index in [1.54, 1.807) is 0 Å². The lowest BCUT2D eigenvalue weighted by Crippen LogP contribution is -2.44. The summed E-state index contributed by atoms with van der Waals surface area (Å²) in [7, 11) is -2.94. The van der Waals surface area contributed by atoms with E-state index in [9.17, 15) is 13.2 Å². The van der Waals surface area contributed by atoms with Gasteiger partial charge in [-0.25, -0.2) is 8.42 Å². The summed E-state index contributed by atoms with van der Waals surface area (Å²) < 4.78 is 22.7. The van der Waals surface area contributed by atoms with Gasteiger partial charge >= 0.3 is 0 Å². The van der Waals surface area contributed by atoms with Gasteiger partial charge in [-0.2, -0.15) is 5.26 Å². The second-order valence-corrected chi connectivity index (χ2v) is 6.32. The molecular weight excluding hydrogens is 242 g/mol. The van der Waals surface area contributed by atoms with Crippen molar-refractivity contribution < 1.29 is 13.2 Å². The van der Waals surface area contributed by atoms with Gasteiger partial charge in [-0.15, -0.1) is 0 Å². The first-order chi connectivity index (χ1) is 8.03. The van der Waals surface area contributed by atoms with E-state index in [0.717, 1.165) is 6.42 Å². The molecule has 1 rings (SSSR count). The van der Waals surface area contributed by atoms with Crippen molar-refractivity contribution in [2.24, 2.45) is 0 Å². The lowest BCUT2D eigenvalue weighted by Gasteiger charge is -2.22. The second-order valence-electron chi connectivity index (χ2n) is 4.09. The van der Waals surface area contributed by atoms with Crippen molar-refractivity contribution in [3.8, 4) is 6.07 Å². The largest absolute Gasteiger partial charge is 0.354 e. The smallest absolute Gasteiger partial charge is 0.233 e. The van der Waals surface area contributed by atoms with E-state index in [1.165, 1.54) is 0 Å². The summed E-state index contributed by atoms with van der Waals surface area (Å²) >= 11 is 0. The van der Waals surface area contributed by atoms with E-state index in [-0.39, 0.29) is 36.4 Å². The Morgan fingerprint density at radius 2 is 2.24 bits per heavy atom. The summed E-state index contributed by atoms with van der Waals surface area (Å²) in [6.07, 6.45) is 1.71. The minimum atomic E-state index is -2.94. The third kappa shape index (κ3) is 5.65. The van der Waals surface area contributed by atoms with E-state index in [1.807, 2.05) is 6.07 Å². The first-order valence-corrected chi connectivity index (χ1v) is 7.43. The number of carbonyl (C=O) groups excluding carboxylic acids is 1. The number of amides is 1. The molecule has 1 amide bonds. The number of nitrogens with zero attached hydrogens (tertiary/aromatic N) is 1. The van der Waals surface area contributed by atoms with E-state index in [4.69, 9.17) is 5.26 Å². The summed E-state index contributed by atoms with van der Waals surface area (Å²) in [5.41, 5.74) is 0. The molecule has 1 unspecified atom stereocenters. The van der Waals surface area contributed by atoms with Crippen molar-refractivity contribution in [1.29, 1.82) is 5.26 Å². The fourth-order valence-corrected chi connectivity index (χ4v) is 3.41. The van der Waals surface area contributed by atoms with Crippen LogP contribution in [0.4, 0.5) is 0 Å². The van der Waals surface area contributed by atoms with Crippen LogP contribution >= 0.6 is 0 Å². The molecule has 1 fully saturated rings. The molecule has 2 N–H and O–H groups in total. The van der Waals surface area contributed by atoms with E-state index in [2.05, 4.69) is 10.6 Å². The van der Waals surface area contributed by atoms with Gasteiger partial charge in [-0.3, -0.25) is 4.79 Å². The van der Waals surface area contributed by atoms with Crippen LogP contribution in [-0.4, -0.2) is 45.0 Å². The van der Waals surface area contributed by atoms with Crippen LogP contribution in [-0.2, 0) is 14.6 Å². The third-order valence-electron chi connectivity index (χ3n) is 2.57. The quantitative estimate of drug-likeness (QED) is 0.629. The summed E-state index contributed by atoms with van der Waals surface area (Å²) in [5, 5.41) is 13.8. The van der Waals surface area contributed by atoms with Crippen molar-refractivity contribution in [3.05, 3.63) is 0 Å². The van der Waals surface area contributed by atoms with Crippen LogP contribution in [0.15, 0.2) is 0 Å². The molecule has 6 nitrogen and oxygen atoms in total. The molecule has 1 aliphatic rings. The minimum Gasteiger partial charge on any atom is -0.354 e. The summed E-state index contributed by atoms with van der Waals surface area (Å²) in [5.74, 6) is 0.154. The Morgan fingerprint density at radius 3 is 2.88 bits per heavy atom. The maximum absolute atomic E-state index is 11.3. The first-order valence-electron chi connectivity index (χ1n) is 5.61. The van der Waals surface area contributed by atoms with Gasteiger partial charge in [0.1, 0.15) is 0 Å². The summed E-state index contributed by atoms with van der Waals surface area (Å²) in [6.45, 7) is 0.436. The van der Waals surface area contributed by atoms with Crippen molar-refractivity contribution >= 4 is 15.7 Å². The number of nitrogens with one attached hydrogen (secondary N) is 2. The zero-order valence-electron chi connectivity index (χ0n) is 9.61. The molecule has 0 aliphatic carbocycles. The molecule has 1 saturated heterocycles. The molecule has 0 aromatic heterocycles. The van der Waals surface area contributed by atoms with Gasteiger partial charge in [0.2, 0.25) is 5.91 Å². The van der Waals surface area contributed by atoms with Gasteiger partial charge in [0.25, 0.3) is 0 Å². The fraction of sp³-hybridized carbons (Fsp3) is 0.800. The maximum Gasteiger partial charge on any atom is 0.233 e. The Balaban J connectivity index is 2.22. The minimum absolute atomic E-state index is 0.103. The van der Waals surface area contributed by atoms with Gasteiger partial charge in [-0.1, -0.05) is 0 Å². The highest BCUT2D eigenvalue weighted by Gasteiger charge is 2.24. The molecule has 1 heterocycles. The van der Waals surface area contributed by atoms with Crippen molar-refractivity contribution in [3.63, 3.8) is 0 Å². The van der Waals surface area contributed by atoms with Crippen LogP contribution in [0.25, 0.3) is 0 Å². The topological polar surface area (TPSA) is 99.1 Å². The van der Waals surface area contributed by atoms with Crippen LogP contribution in [0.5, 0.6) is 0 Å². The fourth-order valence-electron chi connectivity index (χ4n) is 1.74. The molecule has 17 heavy (non-hydrogen) atoms. The molecule has 0 radical (unpaired) electrons. The first kappa shape index (κ1) is 13.9. The van der Waals surface area contributed by atoms with Crippen molar-refractivity contribution in [2.45, 2.75) is 25.3 Å². The molecule has 0 spiro atoms. The van der Waals surface area contributed by atoms with Gasteiger partial charge < -0.3 is 10.6 Å². The Labute approximate surface area is 101 Å². The highest BCUT2D eigenvalue weighted by atomic mass is 32.2. The molecule has 0 bridgehead atoms. The van der Waals surface area contributed by atoms with Crippen LogP contribution in [0.1, 0.15) is 19.3 Å². The van der Waals surface area contributed by atoms with Crippen LogP contribution < -0.4 is 10.6 Å². The number of hydrogen-bond donors (Lipinski definition) is 2. The summed E-state index contributed by atoms with van der Waals surface area (Å²) in [4.78, 5) is 11.3. The number of carbonyl (C=O) groups is 1. The summed E-state index contributed by atoms with van der Waals surface area (Å²) in [6, 6.07) is 1.80. The molecular formula is C10H17N3O3S. The van der Waals surface area contributed by atoms with Gasteiger partial charge in [0.15, 0.2) is 9.84 Å². The second kappa shape index (κ2) is 6.57. The number of hydrogen-bond acceptors (Lipinski definition) is 5. The highest BCUT2D eigenvalue weighted by Crippen LogP contribution is 2.11. The zero-order chi connectivity index (χ0) is 12.7. The predicted molar refractivity (Wildman–Crippen MR) is 62.9 cm³/mol. The molecule has 0 saturated carbocycles. The molecule has 0 aromatic rings. The lowest BCUT2D eigenvalue weighted by atomic mass is 10.2. The molecule has 7 heteroatoms. The average Bonchev–Trinajstić information content (AvgIpc) is 2.25. The molecule has 96 valence electrons. The zero-order valence-corrected chi connectivity index (χ0v) is 10.4. The van der Waals surface area contributed by atoms with Gasteiger partial charge in [0, 0.05) is 12.6 Å². The van der Waals surface area contributed by atoms with Crippen LogP contribution in [0.3, 0.4) is 0 Å². The third-order valence-corrected chi connectivity index (χ3v) is 4.39. The van der Waals surface area contributed by atoms with Crippen molar-refractivity contribution in [1.82, 2.24) is 10.6 Å². The number of nitriles is 1. The number of sulfone groups is 1. The Hall–Kier alpha value is -1.13. The highest BCUT2D eigenvalue weighted by molar-refractivity contribution is 7.91. The SMILES string of the molecule is N#CCCNC(=O)CNC1CCCS(=O)(=O)C1. The monoisotopic (exact) mass is 259 g/mol. The number of rotatable bonds is 5. The van der Waals surface area contributed by atoms with Gasteiger partial charge in [-0.05, 0) is 12.8 Å². The van der Waals surface area contributed by atoms with Crippen molar-refractivity contribution in [2.75, 3.05) is 24.6 Å².